The van der Waals surface area contributed by atoms with Crippen LogP contribution < -0.4 is 10.1 Å². The van der Waals surface area contributed by atoms with Gasteiger partial charge in [-0.15, -0.1) is 0 Å². The van der Waals surface area contributed by atoms with E-state index >= 15 is 0 Å². The Hall–Kier alpha value is -3.85. The number of para-hydroxylation sites is 1. The van der Waals surface area contributed by atoms with E-state index in [-0.39, 0.29) is 17.6 Å². The lowest BCUT2D eigenvalue weighted by atomic mass is 10.2. The van der Waals surface area contributed by atoms with Crippen LogP contribution >= 0.6 is 11.8 Å². The maximum Gasteiger partial charge on any atom is 0.256 e. The molecular formula is C26H26N4O4S. The third-order valence-corrected chi connectivity index (χ3v) is 6.46. The average molecular weight is 491 g/mol. The highest BCUT2D eigenvalue weighted by atomic mass is 32.2. The van der Waals surface area contributed by atoms with Crippen LogP contribution in [0.15, 0.2) is 64.2 Å². The number of hydrogen-bond donors (Lipinski definition) is 1. The van der Waals surface area contributed by atoms with E-state index in [1.165, 1.54) is 11.8 Å². The number of ether oxygens (including phenoxy) is 1. The molecule has 8 nitrogen and oxygen atoms in total. The van der Waals surface area contributed by atoms with Crippen molar-refractivity contribution in [2.45, 2.75) is 25.5 Å². The second-order valence-corrected chi connectivity index (χ2v) is 8.93. The predicted molar refractivity (Wildman–Crippen MR) is 136 cm³/mol. The summed E-state index contributed by atoms with van der Waals surface area (Å²) in [6, 6.07) is 16.5. The number of aromatic nitrogens is 2. The Kier molecular flexibility index (Phi) is 7.36. The van der Waals surface area contributed by atoms with Crippen molar-refractivity contribution >= 4 is 40.5 Å². The van der Waals surface area contributed by atoms with Crippen LogP contribution in [-0.2, 0) is 11.3 Å². The highest BCUT2D eigenvalue weighted by Crippen LogP contribution is 2.31. The number of carbonyl (C=O) groups excluding carboxylic acids is 2. The first-order valence-electron chi connectivity index (χ1n) is 11.0. The first-order valence-corrected chi connectivity index (χ1v) is 12.0. The van der Waals surface area contributed by atoms with E-state index in [0.717, 1.165) is 16.9 Å². The number of aryl methyl sites for hydroxylation is 2. The zero-order valence-corrected chi connectivity index (χ0v) is 20.8. The van der Waals surface area contributed by atoms with Gasteiger partial charge in [-0.3, -0.25) is 9.59 Å². The summed E-state index contributed by atoms with van der Waals surface area (Å²) in [4.78, 5) is 36.3. The van der Waals surface area contributed by atoms with Gasteiger partial charge in [-0.05, 0) is 32.0 Å². The number of fused-ring (bicyclic) bond motifs is 1. The number of furan rings is 1. The average Bonchev–Trinajstić information content (AvgIpc) is 3.16. The molecule has 0 aliphatic rings. The molecule has 2 heterocycles. The van der Waals surface area contributed by atoms with Gasteiger partial charge in [-0.25, -0.2) is 4.98 Å². The van der Waals surface area contributed by atoms with Gasteiger partial charge in [-0.1, -0.05) is 48.2 Å². The summed E-state index contributed by atoms with van der Waals surface area (Å²) in [7, 11) is 3.35. The number of thioether (sulfide) groups is 1. The van der Waals surface area contributed by atoms with E-state index in [1.807, 2.05) is 44.2 Å². The molecule has 0 bridgehead atoms. The molecule has 0 aliphatic carbocycles. The van der Waals surface area contributed by atoms with Gasteiger partial charge in [-0.2, -0.15) is 4.98 Å². The van der Waals surface area contributed by atoms with Crippen molar-refractivity contribution in [2.75, 3.05) is 25.2 Å². The van der Waals surface area contributed by atoms with Gasteiger partial charge < -0.3 is 19.4 Å². The van der Waals surface area contributed by atoms with Crippen molar-refractivity contribution in [2.24, 2.45) is 0 Å². The third kappa shape index (κ3) is 5.46. The molecule has 1 N–H and O–H groups in total. The number of methoxy groups -OCH3 is 1. The van der Waals surface area contributed by atoms with Crippen LogP contribution in [0.4, 0.5) is 5.82 Å². The normalized spacial score (nSPS) is 10.9. The fourth-order valence-electron chi connectivity index (χ4n) is 3.57. The Bertz CT molecular complexity index is 1370. The number of nitrogens with zero attached hydrogens (tertiary/aromatic N) is 3. The number of rotatable bonds is 8. The number of amides is 2. The topological polar surface area (TPSA) is 97.6 Å². The molecule has 4 aromatic rings. The third-order valence-electron chi connectivity index (χ3n) is 5.63. The summed E-state index contributed by atoms with van der Waals surface area (Å²) < 4.78 is 11.2. The van der Waals surface area contributed by atoms with Gasteiger partial charge >= 0.3 is 0 Å². The van der Waals surface area contributed by atoms with E-state index in [4.69, 9.17) is 9.15 Å². The predicted octanol–water partition coefficient (Wildman–Crippen LogP) is 4.85. The maximum atomic E-state index is 12.8. The minimum absolute atomic E-state index is 0.0914. The molecule has 180 valence electrons. The molecule has 0 fully saturated rings. The second-order valence-electron chi connectivity index (χ2n) is 7.99. The Balaban J connectivity index is 1.52. The minimum Gasteiger partial charge on any atom is -0.496 e. The molecule has 0 aliphatic heterocycles. The quantitative estimate of drug-likeness (QED) is 0.278. The zero-order valence-electron chi connectivity index (χ0n) is 20.0. The highest BCUT2D eigenvalue weighted by Gasteiger charge is 2.20. The smallest absolute Gasteiger partial charge is 0.256 e. The van der Waals surface area contributed by atoms with Gasteiger partial charge in [0.05, 0.1) is 18.2 Å². The van der Waals surface area contributed by atoms with E-state index in [2.05, 4.69) is 15.3 Å². The molecule has 2 amide bonds. The van der Waals surface area contributed by atoms with Crippen molar-refractivity contribution in [1.29, 1.82) is 0 Å². The first kappa shape index (κ1) is 24.3. The Morgan fingerprint density at radius 3 is 2.51 bits per heavy atom. The summed E-state index contributed by atoms with van der Waals surface area (Å²) in [5, 5.41) is 3.87. The fourth-order valence-corrected chi connectivity index (χ4v) is 4.34. The van der Waals surface area contributed by atoms with Crippen LogP contribution in [0.1, 0.15) is 27.2 Å². The van der Waals surface area contributed by atoms with E-state index in [9.17, 15) is 9.59 Å². The summed E-state index contributed by atoms with van der Waals surface area (Å²) >= 11 is 1.19. The minimum atomic E-state index is -0.285. The van der Waals surface area contributed by atoms with Crippen molar-refractivity contribution < 1.29 is 18.7 Å². The summed E-state index contributed by atoms with van der Waals surface area (Å²) in [6.45, 7) is 4.15. The van der Waals surface area contributed by atoms with Gasteiger partial charge in [0, 0.05) is 30.3 Å². The number of carbonyl (C=O) groups is 2. The van der Waals surface area contributed by atoms with Crippen molar-refractivity contribution in [1.82, 2.24) is 14.9 Å². The summed E-state index contributed by atoms with van der Waals surface area (Å²) in [5.74, 6) is 1.53. The van der Waals surface area contributed by atoms with Crippen LogP contribution in [0.2, 0.25) is 0 Å². The maximum absolute atomic E-state index is 12.8. The van der Waals surface area contributed by atoms with Crippen molar-refractivity contribution in [3.8, 4) is 5.75 Å². The zero-order chi connectivity index (χ0) is 24.9. The molecular weight excluding hydrogens is 464 g/mol. The number of nitrogens with one attached hydrogen (secondary N) is 1. The molecule has 0 spiro atoms. The summed E-state index contributed by atoms with van der Waals surface area (Å²) in [6.07, 6.45) is 0. The molecule has 2 aromatic carbocycles. The van der Waals surface area contributed by atoms with Gasteiger partial charge in [0.15, 0.2) is 5.16 Å². The summed E-state index contributed by atoms with van der Waals surface area (Å²) in [5.41, 5.74) is 2.66. The van der Waals surface area contributed by atoms with Gasteiger partial charge in [0.1, 0.15) is 17.3 Å². The Labute approximate surface area is 207 Å². The second kappa shape index (κ2) is 10.6. The Morgan fingerprint density at radius 1 is 1.06 bits per heavy atom. The fraction of sp³-hybridized carbons (Fsp3) is 0.231. The standard InChI is InChI=1S/C26H26N4O4S/c1-16-17(2)34-25-22(16)23(27-24(32)18-10-6-5-7-11-18)28-26(29-25)35-15-21(31)30(3)14-19-12-8-9-13-20(19)33-4/h5-13H,14-15H2,1-4H3,(H,27,28,29,32). The van der Waals surface area contributed by atoms with Crippen molar-refractivity contribution in [3.63, 3.8) is 0 Å². The van der Waals surface area contributed by atoms with Crippen LogP contribution in [0.5, 0.6) is 5.75 Å². The monoisotopic (exact) mass is 490 g/mol. The molecule has 35 heavy (non-hydrogen) atoms. The number of hydrogen-bond acceptors (Lipinski definition) is 7. The van der Waals surface area contributed by atoms with E-state index < -0.39 is 0 Å². The molecule has 0 radical (unpaired) electrons. The van der Waals surface area contributed by atoms with E-state index in [1.54, 1.807) is 43.3 Å². The molecule has 0 atom stereocenters. The van der Waals surface area contributed by atoms with Gasteiger partial charge in [0.25, 0.3) is 5.91 Å². The van der Waals surface area contributed by atoms with Crippen LogP contribution in [-0.4, -0.2) is 46.6 Å². The van der Waals surface area contributed by atoms with Gasteiger partial charge in [0.2, 0.25) is 11.6 Å². The number of anilines is 1. The molecule has 4 rings (SSSR count). The molecule has 0 unspecified atom stereocenters. The first-order chi connectivity index (χ1) is 16.9. The molecule has 0 saturated heterocycles. The van der Waals surface area contributed by atoms with Crippen LogP contribution in [0, 0.1) is 13.8 Å². The van der Waals surface area contributed by atoms with Crippen LogP contribution in [0.3, 0.4) is 0 Å². The Morgan fingerprint density at radius 2 is 1.77 bits per heavy atom. The van der Waals surface area contributed by atoms with Crippen LogP contribution in [0.25, 0.3) is 11.1 Å². The van der Waals surface area contributed by atoms with E-state index in [0.29, 0.717) is 39.9 Å². The SMILES string of the molecule is COc1ccccc1CN(C)C(=O)CSc1nc(NC(=O)c2ccccc2)c2c(C)c(C)oc2n1. The lowest BCUT2D eigenvalue weighted by Crippen LogP contribution is -2.28. The lowest BCUT2D eigenvalue weighted by molar-refractivity contribution is -0.127. The number of benzene rings is 2. The lowest BCUT2D eigenvalue weighted by Gasteiger charge is -2.18. The largest absolute Gasteiger partial charge is 0.496 e. The molecule has 0 saturated carbocycles. The molecule has 9 heteroatoms. The van der Waals surface area contributed by atoms with Crippen molar-refractivity contribution in [3.05, 3.63) is 77.0 Å². The highest BCUT2D eigenvalue weighted by molar-refractivity contribution is 7.99. The molecule has 2 aromatic heterocycles.